The van der Waals surface area contributed by atoms with Crippen LogP contribution in [-0.2, 0) is 6.42 Å². The zero-order valence-electron chi connectivity index (χ0n) is 9.37. The van der Waals surface area contributed by atoms with E-state index in [-0.39, 0.29) is 0 Å². The van der Waals surface area contributed by atoms with Crippen LogP contribution >= 0.6 is 0 Å². The lowest BCUT2D eigenvalue weighted by Crippen LogP contribution is -2.36. The highest BCUT2D eigenvalue weighted by Crippen LogP contribution is 2.28. The molecular weight excluding hydrogens is 200 g/mol. The van der Waals surface area contributed by atoms with Crippen LogP contribution in [0.1, 0.15) is 24.8 Å². The van der Waals surface area contributed by atoms with Crippen molar-refractivity contribution >= 4 is 5.69 Å². The number of hydrogen-bond acceptors (Lipinski definition) is 3. The van der Waals surface area contributed by atoms with Gasteiger partial charge in [-0.05, 0) is 37.3 Å². The Morgan fingerprint density at radius 1 is 1.31 bits per heavy atom. The molecule has 86 valence electrons. The standard InChI is InChI=1S/C13H18N2O/c16-12-6-2-9-1-3-11(15-13(9)7-12)8-14-10-4-5-10/h2,6-7,10-11,14-16H,1,3-5,8H2. The smallest absolute Gasteiger partial charge is 0.117 e. The molecule has 0 amide bonds. The van der Waals surface area contributed by atoms with Crippen molar-refractivity contribution in [2.45, 2.75) is 37.8 Å². The third-order valence-electron chi connectivity index (χ3n) is 3.45. The summed E-state index contributed by atoms with van der Waals surface area (Å²) in [5, 5.41) is 16.5. The molecule has 1 aromatic rings. The van der Waals surface area contributed by atoms with Crippen molar-refractivity contribution in [3.63, 3.8) is 0 Å². The summed E-state index contributed by atoms with van der Waals surface area (Å²) in [7, 11) is 0. The number of nitrogens with one attached hydrogen (secondary N) is 2. The molecule has 3 rings (SSSR count). The highest BCUT2D eigenvalue weighted by Gasteiger charge is 2.23. The Morgan fingerprint density at radius 2 is 2.19 bits per heavy atom. The van der Waals surface area contributed by atoms with Crippen LogP contribution in [0.4, 0.5) is 5.69 Å². The van der Waals surface area contributed by atoms with Crippen LogP contribution in [0, 0.1) is 0 Å². The van der Waals surface area contributed by atoms with Crippen molar-refractivity contribution in [1.82, 2.24) is 5.32 Å². The Balaban J connectivity index is 1.64. The molecule has 1 aliphatic heterocycles. The van der Waals surface area contributed by atoms with Crippen LogP contribution in [0.3, 0.4) is 0 Å². The minimum Gasteiger partial charge on any atom is -0.508 e. The second kappa shape index (κ2) is 3.98. The van der Waals surface area contributed by atoms with Gasteiger partial charge in [-0.1, -0.05) is 6.07 Å². The maximum Gasteiger partial charge on any atom is 0.117 e. The van der Waals surface area contributed by atoms with E-state index < -0.39 is 0 Å². The van der Waals surface area contributed by atoms with Crippen molar-refractivity contribution in [2.75, 3.05) is 11.9 Å². The molecule has 1 aromatic carbocycles. The van der Waals surface area contributed by atoms with Crippen molar-refractivity contribution < 1.29 is 5.11 Å². The minimum absolute atomic E-state index is 0.349. The van der Waals surface area contributed by atoms with E-state index in [0.717, 1.165) is 24.7 Å². The molecule has 1 atom stereocenters. The normalized spacial score (nSPS) is 23.6. The topological polar surface area (TPSA) is 44.3 Å². The molecule has 3 nitrogen and oxygen atoms in total. The molecule has 0 bridgehead atoms. The fourth-order valence-corrected chi connectivity index (χ4v) is 2.29. The van der Waals surface area contributed by atoms with Gasteiger partial charge in [-0.2, -0.15) is 0 Å². The maximum atomic E-state index is 9.45. The number of rotatable bonds is 3. The number of anilines is 1. The number of benzene rings is 1. The number of aromatic hydroxyl groups is 1. The van der Waals surface area contributed by atoms with E-state index in [9.17, 15) is 5.11 Å². The summed E-state index contributed by atoms with van der Waals surface area (Å²) in [6.07, 6.45) is 4.96. The summed E-state index contributed by atoms with van der Waals surface area (Å²) in [6.45, 7) is 1.04. The molecule has 0 radical (unpaired) electrons. The average Bonchev–Trinajstić information content (AvgIpc) is 3.09. The lowest BCUT2D eigenvalue weighted by Gasteiger charge is -2.27. The van der Waals surface area contributed by atoms with Gasteiger partial charge >= 0.3 is 0 Å². The number of phenols is 1. The zero-order chi connectivity index (χ0) is 11.0. The summed E-state index contributed by atoms with van der Waals surface area (Å²) in [6, 6.07) is 6.90. The summed E-state index contributed by atoms with van der Waals surface area (Å²) in [4.78, 5) is 0. The first-order chi connectivity index (χ1) is 7.81. The number of fused-ring (bicyclic) bond motifs is 1. The predicted molar refractivity (Wildman–Crippen MR) is 64.9 cm³/mol. The van der Waals surface area contributed by atoms with Crippen LogP contribution in [0.5, 0.6) is 5.75 Å². The lowest BCUT2D eigenvalue weighted by atomic mass is 9.98. The predicted octanol–water partition coefficient (Wildman–Crippen LogP) is 1.87. The van der Waals surface area contributed by atoms with E-state index in [1.54, 1.807) is 6.07 Å². The molecular formula is C13H18N2O. The molecule has 1 heterocycles. The Kier molecular flexibility index (Phi) is 2.48. The van der Waals surface area contributed by atoms with Crippen molar-refractivity contribution in [2.24, 2.45) is 0 Å². The first-order valence-corrected chi connectivity index (χ1v) is 6.13. The molecule has 0 aromatic heterocycles. The molecule has 1 unspecified atom stereocenters. The number of aryl methyl sites for hydroxylation is 1. The van der Waals surface area contributed by atoms with Crippen molar-refractivity contribution in [1.29, 1.82) is 0 Å². The highest BCUT2D eigenvalue weighted by atomic mass is 16.3. The Labute approximate surface area is 95.9 Å². The van der Waals surface area contributed by atoms with Crippen LogP contribution in [0.15, 0.2) is 18.2 Å². The average molecular weight is 218 g/mol. The van der Waals surface area contributed by atoms with Gasteiger partial charge in [0.15, 0.2) is 0 Å². The Hall–Kier alpha value is -1.22. The molecule has 3 N–H and O–H groups in total. The minimum atomic E-state index is 0.349. The quantitative estimate of drug-likeness (QED) is 0.725. The van der Waals surface area contributed by atoms with E-state index in [1.165, 1.54) is 24.8 Å². The van der Waals surface area contributed by atoms with Crippen LogP contribution < -0.4 is 10.6 Å². The number of hydrogen-bond donors (Lipinski definition) is 3. The Morgan fingerprint density at radius 3 is 3.00 bits per heavy atom. The van der Waals surface area contributed by atoms with Crippen molar-refractivity contribution in [3.05, 3.63) is 23.8 Å². The van der Waals surface area contributed by atoms with E-state index in [1.807, 2.05) is 12.1 Å². The molecule has 16 heavy (non-hydrogen) atoms. The first-order valence-electron chi connectivity index (χ1n) is 6.13. The van der Waals surface area contributed by atoms with E-state index >= 15 is 0 Å². The van der Waals surface area contributed by atoms with Gasteiger partial charge in [0.25, 0.3) is 0 Å². The highest BCUT2D eigenvalue weighted by molar-refractivity contribution is 5.57. The molecule has 0 saturated heterocycles. The van der Waals surface area contributed by atoms with Gasteiger partial charge in [-0.25, -0.2) is 0 Å². The van der Waals surface area contributed by atoms with Gasteiger partial charge in [0.1, 0.15) is 5.75 Å². The third kappa shape index (κ3) is 2.14. The molecule has 1 saturated carbocycles. The fraction of sp³-hybridized carbons (Fsp3) is 0.538. The largest absolute Gasteiger partial charge is 0.508 e. The van der Waals surface area contributed by atoms with Gasteiger partial charge < -0.3 is 15.7 Å². The Bertz CT molecular complexity index is 388. The van der Waals surface area contributed by atoms with Gasteiger partial charge in [-0.15, -0.1) is 0 Å². The SMILES string of the molecule is Oc1ccc2c(c1)NC(CNC1CC1)CC2. The van der Waals surface area contributed by atoms with E-state index in [4.69, 9.17) is 0 Å². The van der Waals surface area contributed by atoms with Crippen LogP contribution in [0.25, 0.3) is 0 Å². The monoisotopic (exact) mass is 218 g/mol. The van der Waals surface area contributed by atoms with E-state index in [0.29, 0.717) is 11.8 Å². The second-order valence-electron chi connectivity index (χ2n) is 4.90. The summed E-state index contributed by atoms with van der Waals surface area (Å²) < 4.78 is 0. The van der Waals surface area contributed by atoms with Crippen molar-refractivity contribution in [3.8, 4) is 5.75 Å². The third-order valence-corrected chi connectivity index (χ3v) is 3.45. The molecule has 1 aliphatic carbocycles. The molecule has 2 aliphatic rings. The zero-order valence-corrected chi connectivity index (χ0v) is 9.37. The number of phenolic OH excluding ortho intramolecular Hbond substituents is 1. The lowest BCUT2D eigenvalue weighted by molar-refractivity contribution is 0.474. The van der Waals surface area contributed by atoms with Crippen LogP contribution in [0.2, 0.25) is 0 Å². The van der Waals surface area contributed by atoms with Crippen LogP contribution in [-0.4, -0.2) is 23.7 Å². The molecule has 3 heteroatoms. The fourth-order valence-electron chi connectivity index (χ4n) is 2.29. The van der Waals surface area contributed by atoms with Gasteiger partial charge in [0.2, 0.25) is 0 Å². The molecule has 1 fully saturated rings. The first kappa shape index (κ1) is 9.97. The van der Waals surface area contributed by atoms with Gasteiger partial charge in [-0.3, -0.25) is 0 Å². The maximum absolute atomic E-state index is 9.45. The summed E-state index contributed by atoms with van der Waals surface area (Å²) >= 11 is 0. The van der Waals surface area contributed by atoms with Gasteiger partial charge in [0, 0.05) is 30.4 Å². The molecule has 0 spiro atoms. The summed E-state index contributed by atoms with van der Waals surface area (Å²) in [5.74, 6) is 0.349. The van der Waals surface area contributed by atoms with E-state index in [2.05, 4.69) is 10.6 Å². The summed E-state index contributed by atoms with van der Waals surface area (Å²) in [5.41, 5.74) is 2.43. The second-order valence-corrected chi connectivity index (χ2v) is 4.90. The van der Waals surface area contributed by atoms with Gasteiger partial charge in [0.05, 0.1) is 0 Å².